The van der Waals surface area contributed by atoms with Gasteiger partial charge < -0.3 is 4.74 Å². The quantitative estimate of drug-likeness (QED) is 0.580. The van der Waals surface area contributed by atoms with Gasteiger partial charge in [0, 0.05) is 23.8 Å². The Balaban J connectivity index is 2.09. The molecule has 10 heteroatoms. The lowest BCUT2D eigenvalue weighted by atomic mass is 10.2. The minimum absolute atomic E-state index is 0.0620. The maximum absolute atomic E-state index is 12.1. The standard InChI is InChI=1S/C19H31N4O5P/c1-13(2)23(14(3)4)29(26,10-6-9-20)27-12-16-7-8-17(28-16)22-11-15(5)18(24)21-19(22)25/h11,13-14,16-17,26H,6-8,10,12H2,1-5H3/p+1/t16-,17+,29?/m0/s1. The van der Waals surface area contributed by atoms with Gasteiger partial charge in [-0.25, -0.2) is 9.69 Å². The SMILES string of the molecule is Cc1cn([C@H]2CC[C@@H](CO[P+](O)(CCC#N)N(C(C)C)C(C)C)O2)c(=O)[nH]c1=O. The van der Waals surface area contributed by atoms with Gasteiger partial charge in [0.25, 0.3) is 5.56 Å². The highest BCUT2D eigenvalue weighted by molar-refractivity contribution is 7.63. The van der Waals surface area contributed by atoms with Crippen LogP contribution in [0.15, 0.2) is 15.8 Å². The van der Waals surface area contributed by atoms with Crippen molar-refractivity contribution in [3.63, 3.8) is 0 Å². The summed E-state index contributed by atoms with van der Waals surface area (Å²) in [7, 11) is -2.96. The van der Waals surface area contributed by atoms with E-state index in [1.54, 1.807) is 6.92 Å². The first-order valence-electron chi connectivity index (χ1n) is 9.97. The number of aromatic nitrogens is 2. The largest absolute Gasteiger partial charge is 0.352 e. The fourth-order valence-electron chi connectivity index (χ4n) is 3.78. The predicted octanol–water partition coefficient (Wildman–Crippen LogP) is 2.33. The number of ether oxygens (including phenoxy) is 1. The second-order valence-electron chi connectivity index (χ2n) is 7.93. The van der Waals surface area contributed by atoms with Crippen molar-refractivity contribution in [1.82, 2.24) is 14.2 Å². The average molecular weight is 427 g/mol. The zero-order valence-corrected chi connectivity index (χ0v) is 18.7. The van der Waals surface area contributed by atoms with Crippen LogP contribution in [0.25, 0.3) is 0 Å². The Morgan fingerprint density at radius 3 is 2.62 bits per heavy atom. The molecule has 1 unspecified atom stereocenters. The van der Waals surface area contributed by atoms with Gasteiger partial charge in [-0.1, -0.05) is 0 Å². The van der Waals surface area contributed by atoms with Gasteiger partial charge in [-0.05, 0) is 47.5 Å². The molecule has 1 aromatic heterocycles. The molecule has 0 spiro atoms. The molecule has 0 bridgehead atoms. The molecule has 9 nitrogen and oxygen atoms in total. The van der Waals surface area contributed by atoms with Crippen LogP contribution in [0.4, 0.5) is 0 Å². The van der Waals surface area contributed by atoms with E-state index in [1.165, 1.54) is 10.8 Å². The van der Waals surface area contributed by atoms with E-state index < -0.39 is 25.3 Å². The van der Waals surface area contributed by atoms with E-state index in [4.69, 9.17) is 14.5 Å². The third-order valence-electron chi connectivity index (χ3n) is 4.94. The number of nitrogens with zero attached hydrogens (tertiary/aromatic N) is 3. The third-order valence-corrected chi connectivity index (χ3v) is 7.96. The van der Waals surface area contributed by atoms with Gasteiger partial charge in [0.1, 0.15) is 19.0 Å². The molecule has 162 valence electrons. The molecule has 1 aromatic rings. The summed E-state index contributed by atoms with van der Waals surface area (Å²) in [5.74, 6) is 0. The van der Waals surface area contributed by atoms with Crippen LogP contribution in [0, 0.1) is 18.3 Å². The van der Waals surface area contributed by atoms with Crippen LogP contribution in [0.1, 0.15) is 58.7 Å². The molecule has 0 aliphatic carbocycles. The van der Waals surface area contributed by atoms with Crippen molar-refractivity contribution in [3.05, 3.63) is 32.6 Å². The summed E-state index contributed by atoms with van der Waals surface area (Å²) >= 11 is 0. The Morgan fingerprint density at radius 1 is 1.38 bits per heavy atom. The molecule has 1 fully saturated rings. The summed E-state index contributed by atoms with van der Waals surface area (Å²) in [6, 6.07) is 2.22. The summed E-state index contributed by atoms with van der Waals surface area (Å²) in [4.78, 5) is 37.2. The van der Waals surface area contributed by atoms with E-state index >= 15 is 0 Å². The van der Waals surface area contributed by atoms with Crippen molar-refractivity contribution in [1.29, 1.82) is 5.26 Å². The Hall–Kier alpha value is -1.56. The highest BCUT2D eigenvalue weighted by Gasteiger charge is 2.49. The lowest BCUT2D eigenvalue weighted by Crippen LogP contribution is -2.39. The Morgan fingerprint density at radius 2 is 2.03 bits per heavy atom. The van der Waals surface area contributed by atoms with E-state index in [-0.39, 0.29) is 37.4 Å². The molecule has 0 saturated carbocycles. The number of hydrogen-bond donors (Lipinski definition) is 2. The molecular formula is C19H32N4O5P+. The van der Waals surface area contributed by atoms with Gasteiger partial charge >= 0.3 is 13.6 Å². The fraction of sp³-hybridized carbons (Fsp3) is 0.737. The molecule has 2 rings (SSSR count). The van der Waals surface area contributed by atoms with Crippen LogP contribution < -0.4 is 11.2 Å². The molecule has 1 aliphatic heterocycles. The molecule has 1 saturated heterocycles. The van der Waals surface area contributed by atoms with E-state index in [2.05, 4.69) is 11.1 Å². The lowest BCUT2D eigenvalue weighted by molar-refractivity contribution is -0.0232. The molecule has 1 aliphatic rings. The second-order valence-corrected chi connectivity index (χ2v) is 10.4. The Kier molecular flexibility index (Phi) is 8.15. The number of aryl methyl sites for hydroxylation is 1. The zero-order valence-electron chi connectivity index (χ0n) is 17.8. The molecule has 0 aromatic carbocycles. The maximum atomic E-state index is 12.1. The minimum atomic E-state index is -2.96. The monoisotopic (exact) mass is 427 g/mol. The number of aromatic amines is 1. The minimum Gasteiger partial charge on any atom is -0.352 e. The first-order chi connectivity index (χ1) is 13.6. The van der Waals surface area contributed by atoms with Gasteiger partial charge in [-0.3, -0.25) is 14.3 Å². The van der Waals surface area contributed by atoms with Crippen LogP contribution in [0.3, 0.4) is 0 Å². The summed E-state index contributed by atoms with van der Waals surface area (Å²) in [5.41, 5.74) is -0.468. The normalized spacial score (nSPS) is 21.7. The van der Waals surface area contributed by atoms with E-state index in [1.807, 2.05) is 32.4 Å². The van der Waals surface area contributed by atoms with Crippen molar-refractivity contribution >= 4 is 7.87 Å². The predicted molar refractivity (Wildman–Crippen MR) is 112 cm³/mol. The van der Waals surface area contributed by atoms with E-state index in [0.29, 0.717) is 18.4 Å². The highest BCUT2D eigenvalue weighted by atomic mass is 31.2. The maximum Gasteiger partial charge on any atom is 0.346 e. The highest BCUT2D eigenvalue weighted by Crippen LogP contribution is 2.61. The molecule has 2 heterocycles. The van der Waals surface area contributed by atoms with Gasteiger partial charge in [0.15, 0.2) is 0 Å². The molecule has 2 N–H and O–H groups in total. The molecule has 0 radical (unpaired) electrons. The van der Waals surface area contributed by atoms with Crippen LogP contribution in [-0.2, 0) is 9.26 Å². The Bertz CT molecular complexity index is 838. The van der Waals surface area contributed by atoms with Crippen LogP contribution in [0.2, 0.25) is 0 Å². The first kappa shape index (κ1) is 23.7. The zero-order chi connectivity index (χ0) is 21.8. The number of rotatable bonds is 9. The van der Waals surface area contributed by atoms with Gasteiger partial charge in [-0.15, -0.1) is 4.67 Å². The fourth-order valence-corrected chi connectivity index (χ4v) is 6.51. The number of H-pyrrole nitrogens is 1. The van der Waals surface area contributed by atoms with Gasteiger partial charge in [0.2, 0.25) is 0 Å². The van der Waals surface area contributed by atoms with Gasteiger partial charge in [0.05, 0.1) is 18.6 Å². The molecule has 29 heavy (non-hydrogen) atoms. The third kappa shape index (κ3) is 5.74. The first-order valence-corrected chi connectivity index (χ1v) is 11.8. The molecular weight excluding hydrogens is 395 g/mol. The lowest BCUT2D eigenvalue weighted by Gasteiger charge is -2.35. The molecule has 0 amide bonds. The number of nitriles is 1. The summed E-state index contributed by atoms with van der Waals surface area (Å²) < 4.78 is 15.3. The van der Waals surface area contributed by atoms with Crippen molar-refractivity contribution in [2.75, 3.05) is 12.8 Å². The summed E-state index contributed by atoms with van der Waals surface area (Å²) in [6.45, 7) is 9.79. The van der Waals surface area contributed by atoms with Crippen LogP contribution >= 0.6 is 7.87 Å². The Labute approximate surface area is 171 Å². The van der Waals surface area contributed by atoms with E-state index in [0.717, 1.165) is 0 Å². The van der Waals surface area contributed by atoms with Crippen molar-refractivity contribution < 1.29 is 14.2 Å². The van der Waals surface area contributed by atoms with Crippen molar-refractivity contribution in [2.24, 2.45) is 0 Å². The topological polar surface area (TPSA) is 121 Å². The summed E-state index contributed by atoms with van der Waals surface area (Å²) in [5, 5.41) is 9.00. The van der Waals surface area contributed by atoms with Crippen LogP contribution in [-0.4, -0.2) is 50.1 Å². The van der Waals surface area contributed by atoms with Crippen molar-refractivity contribution in [2.45, 2.75) is 78.3 Å². The second kappa shape index (κ2) is 9.96. The van der Waals surface area contributed by atoms with Crippen LogP contribution in [0.5, 0.6) is 0 Å². The number of hydrogen-bond acceptors (Lipinski definition) is 7. The molecule has 3 atom stereocenters. The average Bonchev–Trinajstić information content (AvgIpc) is 3.09. The summed E-state index contributed by atoms with van der Waals surface area (Å²) in [6.07, 6.45) is 2.49. The van der Waals surface area contributed by atoms with E-state index in [9.17, 15) is 14.5 Å². The van der Waals surface area contributed by atoms with Crippen molar-refractivity contribution in [3.8, 4) is 6.07 Å². The van der Waals surface area contributed by atoms with Gasteiger partial charge in [-0.2, -0.15) is 9.79 Å². The number of nitrogens with one attached hydrogen (secondary N) is 1. The smallest absolute Gasteiger partial charge is 0.346 e.